The third-order valence-corrected chi connectivity index (χ3v) is 2.95. The van der Waals surface area contributed by atoms with Gasteiger partial charge in [0.05, 0.1) is 12.9 Å². The standard InChI is InChI=1S/C10H14O/c1-7(11-2)10-6-8-3-4-9(10)5-8/h3-4,8-10H,1,5-6H2,2H3. The molecule has 0 aromatic carbocycles. The van der Waals surface area contributed by atoms with Crippen LogP contribution in [0.4, 0.5) is 0 Å². The van der Waals surface area contributed by atoms with Crippen LogP contribution in [0.15, 0.2) is 24.5 Å². The molecule has 0 saturated heterocycles. The Morgan fingerprint density at radius 2 is 2.27 bits per heavy atom. The molecule has 2 bridgehead atoms. The van der Waals surface area contributed by atoms with Gasteiger partial charge in [0.25, 0.3) is 0 Å². The predicted molar refractivity (Wildman–Crippen MR) is 45.0 cm³/mol. The number of rotatable bonds is 2. The van der Waals surface area contributed by atoms with Crippen molar-refractivity contribution in [1.82, 2.24) is 0 Å². The molecule has 1 fully saturated rings. The molecule has 3 atom stereocenters. The summed E-state index contributed by atoms with van der Waals surface area (Å²) < 4.78 is 5.16. The molecular formula is C10H14O. The molecule has 0 heterocycles. The summed E-state index contributed by atoms with van der Waals surface area (Å²) in [4.78, 5) is 0. The third-order valence-electron chi connectivity index (χ3n) is 2.95. The average molecular weight is 150 g/mol. The van der Waals surface area contributed by atoms with E-state index in [-0.39, 0.29) is 0 Å². The van der Waals surface area contributed by atoms with Crippen LogP contribution in [-0.2, 0) is 4.74 Å². The normalized spacial score (nSPS) is 39.5. The Balaban J connectivity index is 2.08. The summed E-state index contributed by atoms with van der Waals surface area (Å²) in [5, 5.41) is 0. The first-order valence-electron chi connectivity index (χ1n) is 4.22. The summed E-state index contributed by atoms with van der Waals surface area (Å²) in [5.41, 5.74) is 0. The smallest absolute Gasteiger partial charge is 0.0920 e. The van der Waals surface area contributed by atoms with Crippen LogP contribution in [0.5, 0.6) is 0 Å². The highest BCUT2D eigenvalue weighted by molar-refractivity contribution is 5.15. The molecule has 1 heteroatoms. The number of hydrogen-bond donors (Lipinski definition) is 0. The molecule has 3 unspecified atom stereocenters. The van der Waals surface area contributed by atoms with Crippen LogP contribution in [0.2, 0.25) is 0 Å². The third kappa shape index (κ3) is 0.991. The Bertz CT molecular complexity index is 205. The van der Waals surface area contributed by atoms with Crippen LogP contribution in [0.3, 0.4) is 0 Å². The van der Waals surface area contributed by atoms with E-state index in [4.69, 9.17) is 4.74 Å². The molecule has 2 aliphatic rings. The van der Waals surface area contributed by atoms with Crippen molar-refractivity contribution in [2.75, 3.05) is 7.11 Å². The number of hydrogen-bond acceptors (Lipinski definition) is 1. The highest BCUT2D eigenvalue weighted by atomic mass is 16.5. The van der Waals surface area contributed by atoms with Crippen LogP contribution in [-0.4, -0.2) is 7.11 Å². The lowest BCUT2D eigenvalue weighted by Crippen LogP contribution is -2.10. The van der Waals surface area contributed by atoms with E-state index in [2.05, 4.69) is 18.7 Å². The van der Waals surface area contributed by atoms with E-state index in [0.717, 1.165) is 17.6 Å². The molecule has 0 N–H and O–H groups in total. The average Bonchev–Trinajstić information content (AvgIpc) is 2.62. The van der Waals surface area contributed by atoms with Crippen molar-refractivity contribution >= 4 is 0 Å². The SMILES string of the molecule is C=C(OC)C1CC2C=CC1C2. The van der Waals surface area contributed by atoms with Gasteiger partial charge in [0, 0.05) is 5.92 Å². The van der Waals surface area contributed by atoms with Crippen molar-refractivity contribution in [3.8, 4) is 0 Å². The van der Waals surface area contributed by atoms with E-state index < -0.39 is 0 Å². The molecule has 0 radical (unpaired) electrons. The van der Waals surface area contributed by atoms with Gasteiger partial charge in [-0.2, -0.15) is 0 Å². The largest absolute Gasteiger partial charge is 0.501 e. The Labute approximate surface area is 67.7 Å². The van der Waals surface area contributed by atoms with E-state index >= 15 is 0 Å². The zero-order valence-electron chi connectivity index (χ0n) is 6.92. The molecule has 1 saturated carbocycles. The van der Waals surface area contributed by atoms with Gasteiger partial charge < -0.3 is 4.74 Å². The van der Waals surface area contributed by atoms with Crippen molar-refractivity contribution < 1.29 is 4.74 Å². The fourth-order valence-corrected chi connectivity index (χ4v) is 2.30. The second kappa shape index (κ2) is 2.40. The highest BCUT2D eigenvalue weighted by Crippen LogP contribution is 2.46. The fourth-order valence-electron chi connectivity index (χ4n) is 2.30. The van der Waals surface area contributed by atoms with Crippen LogP contribution in [0.25, 0.3) is 0 Å². The number of allylic oxidation sites excluding steroid dienone is 3. The van der Waals surface area contributed by atoms with Gasteiger partial charge >= 0.3 is 0 Å². The van der Waals surface area contributed by atoms with Crippen LogP contribution < -0.4 is 0 Å². The van der Waals surface area contributed by atoms with E-state index in [1.807, 2.05) is 0 Å². The first-order chi connectivity index (χ1) is 5.31. The highest BCUT2D eigenvalue weighted by Gasteiger charge is 2.37. The summed E-state index contributed by atoms with van der Waals surface area (Å²) in [6.07, 6.45) is 7.24. The van der Waals surface area contributed by atoms with Crippen molar-refractivity contribution in [2.45, 2.75) is 12.8 Å². The van der Waals surface area contributed by atoms with Gasteiger partial charge in [-0.15, -0.1) is 0 Å². The minimum atomic E-state index is 0.606. The van der Waals surface area contributed by atoms with Crippen molar-refractivity contribution in [3.05, 3.63) is 24.5 Å². The predicted octanol–water partition coefficient (Wildman–Crippen LogP) is 2.36. The molecule has 1 nitrogen and oxygen atoms in total. The van der Waals surface area contributed by atoms with Gasteiger partial charge in [-0.25, -0.2) is 0 Å². The van der Waals surface area contributed by atoms with Gasteiger partial charge in [-0.05, 0) is 24.7 Å². The molecule has 2 aliphatic carbocycles. The molecule has 60 valence electrons. The topological polar surface area (TPSA) is 9.23 Å². The quantitative estimate of drug-likeness (QED) is 0.433. The van der Waals surface area contributed by atoms with E-state index in [1.54, 1.807) is 7.11 Å². The van der Waals surface area contributed by atoms with Gasteiger partial charge in [0.1, 0.15) is 0 Å². The second-order valence-electron chi connectivity index (χ2n) is 3.56. The Morgan fingerprint density at radius 3 is 2.73 bits per heavy atom. The molecule has 11 heavy (non-hydrogen) atoms. The molecule has 0 spiro atoms. The number of fused-ring (bicyclic) bond motifs is 2. The van der Waals surface area contributed by atoms with Gasteiger partial charge in [0.15, 0.2) is 0 Å². The van der Waals surface area contributed by atoms with Crippen molar-refractivity contribution in [3.63, 3.8) is 0 Å². The maximum absolute atomic E-state index is 5.16. The summed E-state index contributed by atoms with van der Waals surface area (Å²) in [6, 6.07) is 0. The van der Waals surface area contributed by atoms with Crippen LogP contribution in [0, 0.1) is 17.8 Å². The summed E-state index contributed by atoms with van der Waals surface area (Å²) in [5.74, 6) is 3.13. The minimum absolute atomic E-state index is 0.606. The summed E-state index contributed by atoms with van der Waals surface area (Å²) in [6.45, 7) is 3.92. The molecule has 2 rings (SSSR count). The van der Waals surface area contributed by atoms with Crippen molar-refractivity contribution in [1.29, 1.82) is 0 Å². The lowest BCUT2D eigenvalue weighted by Gasteiger charge is -2.18. The summed E-state index contributed by atoms with van der Waals surface area (Å²) in [7, 11) is 1.72. The van der Waals surface area contributed by atoms with E-state index in [9.17, 15) is 0 Å². The molecule has 0 amide bonds. The maximum atomic E-state index is 5.16. The van der Waals surface area contributed by atoms with Crippen LogP contribution >= 0.6 is 0 Å². The molecule has 0 aliphatic heterocycles. The van der Waals surface area contributed by atoms with E-state index in [0.29, 0.717) is 5.92 Å². The van der Waals surface area contributed by atoms with Gasteiger partial charge in [0.2, 0.25) is 0 Å². The monoisotopic (exact) mass is 150 g/mol. The molecular weight excluding hydrogens is 136 g/mol. The molecule has 0 aromatic heterocycles. The first-order valence-corrected chi connectivity index (χ1v) is 4.22. The second-order valence-corrected chi connectivity index (χ2v) is 3.56. The number of ether oxygens (including phenoxy) is 1. The van der Waals surface area contributed by atoms with Gasteiger partial charge in [-0.3, -0.25) is 0 Å². The molecule has 0 aromatic rings. The van der Waals surface area contributed by atoms with Crippen LogP contribution in [0.1, 0.15) is 12.8 Å². The lowest BCUT2D eigenvalue weighted by molar-refractivity contribution is 0.229. The van der Waals surface area contributed by atoms with Gasteiger partial charge in [-0.1, -0.05) is 18.7 Å². The fraction of sp³-hybridized carbons (Fsp3) is 0.600. The minimum Gasteiger partial charge on any atom is -0.501 e. The first kappa shape index (κ1) is 6.96. The zero-order valence-corrected chi connectivity index (χ0v) is 6.92. The van der Waals surface area contributed by atoms with E-state index in [1.165, 1.54) is 12.8 Å². The lowest BCUT2D eigenvalue weighted by atomic mass is 9.92. The number of methoxy groups -OCH3 is 1. The zero-order chi connectivity index (χ0) is 7.84. The Kier molecular flexibility index (Phi) is 1.52. The van der Waals surface area contributed by atoms with Crippen molar-refractivity contribution in [2.24, 2.45) is 17.8 Å². The maximum Gasteiger partial charge on any atom is 0.0920 e. The Hall–Kier alpha value is -0.720. The Morgan fingerprint density at radius 1 is 1.45 bits per heavy atom. The summed E-state index contributed by atoms with van der Waals surface area (Å²) >= 11 is 0.